The van der Waals surface area contributed by atoms with E-state index in [4.69, 9.17) is 0 Å². The van der Waals surface area contributed by atoms with Crippen molar-refractivity contribution in [1.82, 2.24) is 0 Å². The largest absolute Gasteiger partial charge is 0.375 e. The lowest BCUT2D eigenvalue weighted by Gasteiger charge is -2.18. The molecule has 0 fully saturated rings. The SMILES string of the molecule is CC(Nc1c(F)cccc1Br)c1cccc(F)c1F. The maximum Gasteiger partial charge on any atom is 0.164 e. The van der Waals surface area contributed by atoms with Crippen LogP contribution in [0.4, 0.5) is 18.9 Å². The number of hydrogen-bond donors (Lipinski definition) is 1. The van der Waals surface area contributed by atoms with E-state index >= 15 is 0 Å². The molecule has 1 unspecified atom stereocenters. The Hall–Kier alpha value is -1.49. The van der Waals surface area contributed by atoms with Crippen molar-refractivity contribution in [3.05, 3.63) is 63.9 Å². The summed E-state index contributed by atoms with van der Waals surface area (Å²) in [6.07, 6.45) is 0. The van der Waals surface area contributed by atoms with Gasteiger partial charge in [-0.3, -0.25) is 0 Å². The maximum atomic E-state index is 13.6. The first-order valence-corrected chi connectivity index (χ1v) is 6.44. The van der Waals surface area contributed by atoms with Crippen molar-refractivity contribution in [1.29, 1.82) is 0 Å². The van der Waals surface area contributed by atoms with Crippen LogP contribution in [0, 0.1) is 17.5 Å². The Kier molecular flexibility index (Phi) is 4.14. The molecule has 0 saturated heterocycles. The Balaban J connectivity index is 2.31. The fourth-order valence-corrected chi connectivity index (χ4v) is 2.24. The lowest BCUT2D eigenvalue weighted by molar-refractivity contribution is 0.494. The smallest absolute Gasteiger partial charge is 0.164 e. The van der Waals surface area contributed by atoms with Gasteiger partial charge in [-0.15, -0.1) is 0 Å². The molecular formula is C14H11BrF3N. The Morgan fingerprint density at radius 1 is 1.00 bits per heavy atom. The third-order valence-corrected chi connectivity index (χ3v) is 3.43. The summed E-state index contributed by atoms with van der Waals surface area (Å²) in [5.41, 5.74) is 0.369. The van der Waals surface area contributed by atoms with Crippen molar-refractivity contribution in [2.75, 3.05) is 5.32 Å². The van der Waals surface area contributed by atoms with E-state index in [1.165, 1.54) is 18.2 Å². The van der Waals surface area contributed by atoms with Crippen molar-refractivity contribution < 1.29 is 13.2 Å². The van der Waals surface area contributed by atoms with Crippen molar-refractivity contribution in [2.45, 2.75) is 13.0 Å². The van der Waals surface area contributed by atoms with Gasteiger partial charge in [0.1, 0.15) is 5.82 Å². The average molecular weight is 330 g/mol. The van der Waals surface area contributed by atoms with Crippen LogP contribution in [-0.2, 0) is 0 Å². The lowest BCUT2D eigenvalue weighted by atomic mass is 10.1. The topological polar surface area (TPSA) is 12.0 Å². The van der Waals surface area contributed by atoms with Crippen LogP contribution in [0.2, 0.25) is 0 Å². The minimum atomic E-state index is -0.921. The van der Waals surface area contributed by atoms with Gasteiger partial charge in [0.2, 0.25) is 0 Å². The number of benzene rings is 2. The Labute approximate surface area is 117 Å². The summed E-state index contributed by atoms with van der Waals surface area (Å²) in [6.45, 7) is 1.64. The standard InChI is InChI=1S/C14H11BrF3N/c1-8(9-4-2-6-11(16)13(9)18)19-14-10(15)5-3-7-12(14)17/h2-8,19H,1H3. The quantitative estimate of drug-likeness (QED) is 0.831. The average Bonchev–Trinajstić information content (AvgIpc) is 2.37. The molecular weight excluding hydrogens is 319 g/mol. The van der Waals surface area contributed by atoms with Gasteiger partial charge in [0.25, 0.3) is 0 Å². The molecule has 2 aromatic carbocycles. The number of para-hydroxylation sites is 1. The molecule has 1 nitrogen and oxygen atoms in total. The van der Waals surface area contributed by atoms with Crippen LogP contribution < -0.4 is 5.32 Å². The summed E-state index contributed by atoms with van der Waals surface area (Å²) in [7, 11) is 0. The minimum absolute atomic E-state index is 0.148. The highest BCUT2D eigenvalue weighted by molar-refractivity contribution is 9.10. The van der Waals surface area contributed by atoms with E-state index < -0.39 is 23.5 Å². The molecule has 1 N–H and O–H groups in total. The van der Waals surface area contributed by atoms with Crippen LogP contribution in [0.3, 0.4) is 0 Å². The summed E-state index contributed by atoms with van der Waals surface area (Å²) < 4.78 is 41.0. The summed E-state index contributed by atoms with van der Waals surface area (Å²) in [5, 5.41) is 2.83. The molecule has 0 aliphatic rings. The molecule has 100 valence electrons. The Morgan fingerprint density at radius 2 is 1.63 bits per heavy atom. The predicted molar refractivity (Wildman–Crippen MR) is 72.5 cm³/mol. The first kappa shape index (κ1) is 13.9. The van der Waals surface area contributed by atoms with Gasteiger partial charge in [0, 0.05) is 10.0 Å². The van der Waals surface area contributed by atoms with Gasteiger partial charge in [0.05, 0.1) is 11.7 Å². The van der Waals surface area contributed by atoms with Gasteiger partial charge in [-0.25, -0.2) is 13.2 Å². The molecule has 0 heterocycles. The monoisotopic (exact) mass is 329 g/mol. The summed E-state index contributed by atoms with van der Waals surface area (Å²) >= 11 is 3.21. The normalized spacial score (nSPS) is 12.3. The zero-order valence-corrected chi connectivity index (χ0v) is 11.6. The highest BCUT2D eigenvalue weighted by Gasteiger charge is 2.16. The second kappa shape index (κ2) is 5.65. The summed E-state index contributed by atoms with van der Waals surface area (Å²) in [4.78, 5) is 0. The molecule has 0 saturated carbocycles. The van der Waals surface area contributed by atoms with Crippen LogP contribution in [-0.4, -0.2) is 0 Å². The maximum absolute atomic E-state index is 13.6. The van der Waals surface area contributed by atoms with E-state index in [0.29, 0.717) is 4.47 Å². The number of nitrogens with one attached hydrogen (secondary N) is 1. The van der Waals surface area contributed by atoms with Gasteiger partial charge < -0.3 is 5.32 Å². The van der Waals surface area contributed by atoms with Gasteiger partial charge in [-0.1, -0.05) is 18.2 Å². The van der Waals surface area contributed by atoms with Gasteiger partial charge in [-0.2, -0.15) is 0 Å². The van der Waals surface area contributed by atoms with Gasteiger partial charge in [0.15, 0.2) is 11.6 Å². The fraction of sp³-hybridized carbons (Fsp3) is 0.143. The highest BCUT2D eigenvalue weighted by atomic mass is 79.9. The Morgan fingerprint density at radius 3 is 2.32 bits per heavy atom. The molecule has 5 heteroatoms. The molecule has 0 aliphatic carbocycles. The lowest BCUT2D eigenvalue weighted by Crippen LogP contribution is -2.11. The van der Waals surface area contributed by atoms with Crippen LogP contribution in [0.5, 0.6) is 0 Å². The zero-order chi connectivity index (χ0) is 14.0. The van der Waals surface area contributed by atoms with E-state index in [1.807, 2.05) is 0 Å². The van der Waals surface area contributed by atoms with E-state index in [9.17, 15) is 13.2 Å². The molecule has 0 bridgehead atoms. The van der Waals surface area contributed by atoms with Crippen molar-refractivity contribution in [2.24, 2.45) is 0 Å². The summed E-state index contributed by atoms with van der Waals surface area (Å²) in [5.74, 6) is -2.30. The van der Waals surface area contributed by atoms with Gasteiger partial charge >= 0.3 is 0 Å². The van der Waals surface area contributed by atoms with E-state index in [2.05, 4.69) is 21.2 Å². The first-order chi connectivity index (χ1) is 9.00. The molecule has 0 aliphatic heterocycles. The Bertz CT molecular complexity index is 581. The highest BCUT2D eigenvalue weighted by Crippen LogP contribution is 2.30. The molecule has 0 amide bonds. The van der Waals surface area contributed by atoms with Crippen LogP contribution in [0.1, 0.15) is 18.5 Å². The molecule has 19 heavy (non-hydrogen) atoms. The fourth-order valence-electron chi connectivity index (χ4n) is 1.78. The second-order valence-corrected chi connectivity index (χ2v) is 4.96. The molecule has 1 atom stereocenters. The van der Waals surface area contributed by atoms with Crippen LogP contribution in [0.15, 0.2) is 40.9 Å². The molecule has 2 rings (SSSR count). The van der Waals surface area contributed by atoms with Crippen molar-refractivity contribution in [3.63, 3.8) is 0 Å². The summed E-state index contributed by atoms with van der Waals surface area (Å²) in [6, 6.07) is 7.88. The number of rotatable bonds is 3. The number of anilines is 1. The number of hydrogen-bond acceptors (Lipinski definition) is 1. The van der Waals surface area contributed by atoms with Crippen molar-refractivity contribution in [3.8, 4) is 0 Å². The third-order valence-electron chi connectivity index (χ3n) is 2.77. The third kappa shape index (κ3) is 2.92. The predicted octanol–water partition coefficient (Wildman–Crippen LogP) is 5.04. The molecule has 0 spiro atoms. The van der Waals surface area contributed by atoms with Crippen LogP contribution in [0.25, 0.3) is 0 Å². The molecule has 0 radical (unpaired) electrons. The zero-order valence-electron chi connectivity index (χ0n) is 10.1. The minimum Gasteiger partial charge on any atom is -0.375 e. The molecule has 2 aromatic rings. The number of halogens is 4. The van der Waals surface area contributed by atoms with E-state index in [0.717, 1.165) is 6.07 Å². The first-order valence-electron chi connectivity index (χ1n) is 5.65. The van der Waals surface area contributed by atoms with E-state index in [1.54, 1.807) is 19.1 Å². The van der Waals surface area contributed by atoms with E-state index in [-0.39, 0.29) is 11.3 Å². The molecule has 0 aromatic heterocycles. The van der Waals surface area contributed by atoms with Crippen LogP contribution >= 0.6 is 15.9 Å². The second-order valence-electron chi connectivity index (χ2n) is 4.11. The van der Waals surface area contributed by atoms with Crippen molar-refractivity contribution >= 4 is 21.6 Å². The van der Waals surface area contributed by atoms with Gasteiger partial charge in [-0.05, 0) is 41.1 Å².